The lowest BCUT2D eigenvalue weighted by molar-refractivity contribution is 0.100. The van der Waals surface area contributed by atoms with Crippen molar-refractivity contribution in [2.24, 2.45) is 0 Å². The van der Waals surface area contributed by atoms with Gasteiger partial charge in [-0.05, 0) is 19.1 Å². The molecule has 5 heteroatoms. The van der Waals surface area contributed by atoms with Gasteiger partial charge >= 0.3 is 0 Å². The molecule has 1 aromatic heterocycles. The molecule has 0 saturated carbocycles. The Morgan fingerprint density at radius 2 is 2.00 bits per heavy atom. The molecule has 0 atom stereocenters. The lowest BCUT2D eigenvalue weighted by atomic mass is 10.1. The summed E-state index contributed by atoms with van der Waals surface area (Å²) in [6, 6.07) is 3.74. The molecule has 0 unspecified atom stereocenters. The summed E-state index contributed by atoms with van der Waals surface area (Å²) < 4.78 is 10.7. The molecule has 0 amide bonds. The van der Waals surface area contributed by atoms with Crippen molar-refractivity contribution in [1.82, 2.24) is 9.97 Å². The first-order chi connectivity index (χ1) is 9.08. The van der Waals surface area contributed by atoms with Gasteiger partial charge in [0.2, 0.25) is 0 Å². The maximum Gasteiger partial charge on any atom is 0.194 e. The van der Waals surface area contributed by atoms with Gasteiger partial charge in [0.1, 0.15) is 11.5 Å². The third-order valence-electron chi connectivity index (χ3n) is 2.98. The number of H-pyrrole nitrogens is 1. The zero-order chi connectivity index (χ0) is 14.0. The number of aromatic amines is 1. The SMILES string of the molecule is COc1ccc(-c2cnc(C(C)=O)[nH]2)c(OC)c1C. The van der Waals surface area contributed by atoms with Crippen LogP contribution in [0.2, 0.25) is 0 Å². The van der Waals surface area contributed by atoms with Gasteiger partial charge in [0.15, 0.2) is 11.6 Å². The van der Waals surface area contributed by atoms with Gasteiger partial charge in [0, 0.05) is 18.1 Å². The number of rotatable bonds is 4. The summed E-state index contributed by atoms with van der Waals surface area (Å²) in [7, 11) is 3.22. The number of carbonyl (C=O) groups excluding carboxylic acids is 1. The number of methoxy groups -OCH3 is 2. The number of nitrogens with zero attached hydrogens (tertiary/aromatic N) is 1. The predicted molar refractivity (Wildman–Crippen MR) is 71.9 cm³/mol. The van der Waals surface area contributed by atoms with E-state index in [4.69, 9.17) is 9.47 Å². The van der Waals surface area contributed by atoms with Gasteiger partial charge in [0.25, 0.3) is 0 Å². The summed E-state index contributed by atoms with van der Waals surface area (Å²) in [6.07, 6.45) is 1.63. The smallest absolute Gasteiger partial charge is 0.194 e. The molecule has 100 valence electrons. The van der Waals surface area contributed by atoms with Crippen molar-refractivity contribution in [3.63, 3.8) is 0 Å². The van der Waals surface area contributed by atoms with E-state index in [1.165, 1.54) is 6.92 Å². The molecule has 2 rings (SSSR count). The molecule has 1 aromatic carbocycles. The fourth-order valence-electron chi connectivity index (χ4n) is 2.01. The van der Waals surface area contributed by atoms with Crippen LogP contribution in [0.25, 0.3) is 11.3 Å². The maximum atomic E-state index is 11.3. The van der Waals surface area contributed by atoms with Crippen molar-refractivity contribution in [1.29, 1.82) is 0 Å². The highest BCUT2D eigenvalue weighted by Crippen LogP contribution is 2.36. The van der Waals surface area contributed by atoms with Gasteiger partial charge in [-0.2, -0.15) is 0 Å². The molecule has 0 radical (unpaired) electrons. The Balaban J connectivity index is 2.55. The summed E-state index contributed by atoms with van der Waals surface area (Å²) in [5.41, 5.74) is 2.50. The van der Waals surface area contributed by atoms with E-state index >= 15 is 0 Å². The number of aromatic nitrogens is 2. The topological polar surface area (TPSA) is 64.2 Å². The molecule has 1 N–H and O–H groups in total. The van der Waals surface area contributed by atoms with Gasteiger partial charge in [-0.1, -0.05) is 0 Å². The summed E-state index contributed by atoms with van der Waals surface area (Å²) in [5.74, 6) is 1.70. The van der Waals surface area contributed by atoms with Crippen molar-refractivity contribution in [3.8, 4) is 22.8 Å². The number of ether oxygens (including phenoxy) is 2. The lowest BCUT2D eigenvalue weighted by Gasteiger charge is -2.13. The van der Waals surface area contributed by atoms with E-state index in [0.29, 0.717) is 11.6 Å². The first kappa shape index (κ1) is 13.1. The van der Waals surface area contributed by atoms with E-state index in [2.05, 4.69) is 9.97 Å². The quantitative estimate of drug-likeness (QED) is 0.858. The van der Waals surface area contributed by atoms with Gasteiger partial charge in [-0.15, -0.1) is 0 Å². The van der Waals surface area contributed by atoms with E-state index in [1.54, 1.807) is 20.4 Å². The Kier molecular flexibility index (Phi) is 3.55. The van der Waals surface area contributed by atoms with Gasteiger partial charge < -0.3 is 14.5 Å². The number of hydrogen-bond acceptors (Lipinski definition) is 4. The average Bonchev–Trinajstić information content (AvgIpc) is 2.87. The van der Waals surface area contributed by atoms with Crippen molar-refractivity contribution >= 4 is 5.78 Å². The Morgan fingerprint density at radius 3 is 2.53 bits per heavy atom. The minimum absolute atomic E-state index is 0.101. The molecule has 19 heavy (non-hydrogen) atoms. The Morgan fingerprint density at radius 1 is 1.26 bits per heavy atom. The molecule has 0 aliphatic rings. The van der Waals surface area contributed by atoms with Crippen LogP contribution in [0, 0.1) is 6.92 Å². The number of Topliss-reactive ketones (excluding diaryl/α,β-unsaturated/α-hetero) is 1. The number of benzene rings is 1. The molecule has 0 spiro atoms. The maximum absolute atomic E-state index is 11.3. The van der Waals surface area contributed by atoms with Crippen molar-refractivity contribution in [2.75, 3.05) is 14.2 Å². The lowest BCUT2D eigenvalue weighted by Crippen LogP contribution is -1.96. The summed E-state index contributed by atoms with van der Waals surface area (Å²) in [6.45, 7) is 3.39. The molecule has 5 nitrogen and oxygen atoms in total. The second-order valence-corrected chi connectivity index (χ2v) is 4.18. The Labute approximate surface area is 111 Å². The predicted octanol–water partition coefficient (Wildman–Crippen LogP) is 2.60. The van der Waals surface area contributed by atoms with E-state index < -0.39 is 0 Å². The first-order valence-corrected chi connectivity index (χ1v) is 5.86. The highest BCUT2D eigenvalue weighted by molar-refractivity contribution is 5.91. The van der Waals surface area contributed by atoms with Gasteiger partial charge in [-0.25, -0.2) is 4.98 Å². The second-order valence-electron chi connectivity index (χ2n) is 4.18. The zero-order valence-electron chi connectivity index (χ0n) is 11.4. The van der Waals surface area contributed by atoms with Crippen LogP contribution in [0.3, 0.4) is 0 Å². The summed E-state index contributed by atoms with van der Waals surface area (Å²) >= 11 is 0. The molecular weight excluding hydrogens is 244 g/mol. The van der Waals surface area contributed by atoms with Crippen LogP contribution >= 0.6 is 0 Å². The number of carbonyl (C=O) groups is 1. The standard InChI is InChI=1S/C14H16N2O3/c1-8-12(18-3)6-5-10(13(8)19-4)11-7-15-14(16-11)9(2)17/h5-7H,1-4H3,(H,15,16). The summed E-state index contributed by atoms with van der Waals surface area (Å²) in [4.78, 5) is 18.3. The highest BCUT2D eigenvalue weighted by atomic mass is 16.5. The number of nitrogens with one attached hydrogen (secondary N) is 1. The van der Waals surface area contributed by atoms with Crippen molar-refractivity contribution in [2.45, 2.75) is 13.8 Å². The first-order valence-electron chi connectivity index (χ1n) is 5.86. The van der Waals surface area contributed by atoms with Gasteiger partial charge in [-0.3, -0.25) is 4.79 Å². The van der Waals surface area contributed by atoms with Crippen LogP contribution in [0.1, 0.15) is 23.1 Å². The molecule has 0 saturated heterocycles. The molecule has 0 aliphatic heterocycles. The molecule has 0 bridgehead atoms. The fourth-order valence-corrected chi connectivity index (χ4v) is 2.01. The molecule has 1 heterocycles. The number of imidazole rings is 1. The zero-order valence-corrected chi connectivity index (χ0v) is 11.4. The molecule has 0 fully saturated rings. The Bertz CT molecular complexity index is 617. The van der Waals surface area contributed by atoms with Crippen LogP contribution in [-0.4, -0.2) is 30.0 Å². The van der Waals surface area contributed by atoms with E-state index in [1.807, 2.05) is 19.1 Å². The third-order valence-corrected chi connectivity index (χ3v) is 2.98. The fraction of sp³-hybridized carbons (Fsp3) is 0.286. The minimum atomic E-state index is -0.101. The van der Waals surface area contributed by atoms with Crippen LogP contribution in [0.4, 0.5) is 0 Å². The molecule has 0 aliphatic carbocycles. The van der Waals surface area contributed by atoms with E-state index in [0.717, 1.165) is 22.6 Å². The monoisotopic (exact) mass is 260 g/mol. The van der Waals surface area contributed by atoms with Crippen LogP contribution < -0.4 is 9.47 Å². The van der Waals surface area contributed by atoms with Crippen LogP contribution in [0.5, 0.6) is 11.5 Å². The third kappa shape index (κ3) is 2.31. The van der Waals surface area contributed by atoms with Gasteiger partial charge in [0.05, 0.1) is 26.1 Å². The second kappa shape index (κ2) is 5.14. The Hall–Kier alpha value is -2.30. The summed E-state index contributed by atoms with van der Waals surface area (Å²) in [5, 5.41) is 0. The van der Waals surface area contributed by atoms with Crippen LogP contribution in [0.15, 0.2) is 18.3 Å². The van der Waals surface area contributed by atoms with Crippen molar-refractivity contribution < 1.29 is 14.3 Å². The molecule has 2 aromatic rings. The normalized spacial score (nSPS) is 10.3. The minimum Gasteiger partial charge on any atom is -0.496 e. The molecular formula is C14H16N2O3. The highest BCUT2D eigenvalue weighted by Gasteiger charge is 2.15. The van der Waals surface area contributed by atoms with E-state index in [9.17, 15) is 4.79 Å². The number of hydrogen-bond donors (Lipinski definition) is 1. The average molecular weight is 260 g/mol. The largest absolute Gasteiger partial charge is 0.496 e. The van der Waals surface area contributed by atoms with Crippen molar-refractivity contribution in [3.05, 3.63) is 29.7 Å². The number of ketones is 1. The van der Waals surface area contributed by atoms with Crippen LogP contribution in [-0.2, 0) is 0 Å². The van der Waals surface area contributed by atoms with E-state index in [-0.39, 0.29) is 5.78 Å².